The largest absolute Gasteiger partial charge is 0.441 e. The summed E-state index contributed by atoms with van der Waals surface area (Å²) in [5.41, 5.74) is 0.662. The number of nitrogens with zero attached hydrogens (tertiary/aromatic N) is 3. The van der Waals surface area contributed by atoms with Gasteiger partial charge in [-0.25, -0.2) is 4.79 Å². The zero-order chi connectivity index (χ0) is 13.7. The van der Waals surface area contributed by atoms with Crippen LogP contribution in [-0.4, -0.2) is 9.72 Å². The Morgan fingerprint density at radius 3 is 2.89 bits per heavy atom. The zero-order valence-electron chi connectivity index (χ0n) is 10.2. The van der Waals surface area contributed by atoms with Crippen LogP contribution < -0.4 is 5.76 Å². The van der Waals surface area contributed by atoms with Gasteiger partial charge >= 0.3 is 5.76 Å². The molecule has 0 unspecified atom stereocenters. The summed E-state index contributed by atoms with van der Waals surface area (Å²) in [7, 11) is 0. The van der Waals surface area contributed by atoms with Gasteiger partial charge in [-0.05, 0) is 25.0 Å². The van der Waals surface area contributed by atoms with Crippen molar-refractivity contribution in [2.24, 2.45) is 0 Å². The summed E-state index contributed by atoms with van der Waals surface area (Å²) in [6.07, 6.45) is 1.92. The quantitative estimate of drug-likeness (QED) is 0.788. The molecule has 0 aliphatic heterocycles. The van der Waals surface area contributed by atoms with Crippen LogP contribution in [0.1, 0.15) is 19.3 Å². The van der Waals surface area contributed by atoms with Gasteiger partial charge in [-0.15, -0.1) is 0 Å². The van der Waals surface area contributed by atoms with Crippen LogP contribution in [0.3, 0.4) is 0 Å². The van der Waals surface area contributed by atoms with E-state index in [4.69, 9.17) is 21.4 Å². The maximum absolute atomic E-state index is 11.6. The molecule has 5 nitrogen and oxygen atoms in total. The molecule has 0 aliphatic carbocycles. The molecule has 0 radical (unpaired) electrons. The summed E-state index contributed by atoms with van der Waals surface area (Å²) in [6.45, 7) is 0.463. The van der Waals surface area contributed by atoms with Crippen LogP contribution >= 0.6 is 11.6 Å². The van der Waals surface area contributed by atoms with Crippen LogP contribution in [0.4, 0.5) is 0 Å². The first-order chi connectivity index (χ1) is 9.24. The molecule has 19 heavy (non-hydrogen) atoms. The monoisotopic (exact) mass is 277 g/mol. The van der Waals surface area contributed by atoms with Gasteiger partial charge in [-0.2, -0.15) is 5.26 Å². The topological polar surface area (TPSA) is 71.8 Å². The number of halogens is 1. The van der Waals surface area contributed by atoms with Crippen molar-refractivity contribution in [3.63, 3.8) is 0 Å². The maximum Gasteiger partial charge on any atom is 0.441 e. The molecular formula is C13H12ClN3O2. The third-order valence-electron chi connectivity index (χ3n) is 2.72. The van der Waals surface area contributed by atoms with Crippen molar-refractivity contribution in [2.75, 3.05) is 0 Å². The number of benzene rings is 1. The zero-order valence-corrected chi connectivity index (χ0v) is 10.9. The van der Waals surface area contributed by atoms with E-state index in [1.165, 1.54) is 4.57 Å². The Balaban J connectivity index is 2.26. The van der Waals surface area contributed by atoms with Crippen LogP contribution in [0.2, 0.25) is 5.02 Å². The first kappa shape index (κ1) is 13.4. The standard InChI is InChI=1S/C13H12ClN3O2/c14-11-7-3-2-6-10(11)12-16-19-13(18)17(12)9-5-1-4-8-15/h2-3,6-7H,1,4-5,9H2. The number of hydrogen-bond donors (Lipinski definition) is 0. The van der Waals surface area contributed by atoms with Gasteiger partial charge in [0.05, 0.1) is 11.1 Å². The second kappa shape index (κ2) is 6.21. The Hall–Kier alpha value is -2.06. The summed E-state index contributed by atoms with van der Waals surface area (Å²) in [5, 5.41) is 12.8. The van der Waals surface area contributed by atoms with Crippen LogP contribution in [0.15, 0.2) is 33.6 Å². The highest BCUT2D eigenvalue weighted by atomic mass is 35.5. The molecule has 0 amide bonds. The Morgan fingerprint density at radius 1 is 1.37 bits per heavy atom. The van der Waals surface area contributed by atoms with Crippen LogP contribution in [-0.2, 0) is 6.54 Å². The van der Waals surface area contributed by atoms with Crippen molar-refractivity contribution in [3.05, 3.63) is 39.8 Å². The highest BCUT2D eigenvalue weighted by Gasteiger charge is 2.14. The van der Waals surface area contributed by atoms with Gasteiger partial charge in [-0.3, -0.25) is 9.09 Å². The van der Waals surface area contributed by atoms with Crippen LogP contribution in [0.5, 0.6) is 0 Å². The van der Waals surface area contributed by atoms with Gasteiger partial charge < -0.3 is 0 Å². The molecule has 6 heteroatoms. The van der Waals surface area contributed by atoms with E-state index < -0.39 is 5.76 Å². The molecule has 0 saturated heterocycles. The number of aromatic nitrogens is 2. The van der Waals surface area contributed by atoms with E-state index in [1.807, 2.05) is 6.07 Å². The summed E-state index contributed by atoms with van der Waals surface area (Å²) in [5.74, 6) is -0.0839. The third kappa shape index (κ3) is 3.04. The molecule has 0 fully saturated rings. The van der Waals surface area contributed by atoms with E-state index in [-0.39, 0.29) is 0 Å². The first-order valence-corrected chi connectivity index (χ1v) is 6.30. The number of rotatable bonds is 5. The van der Waals surface area contributed by atoms with Gasteiger partial charge in [0, 0.05) is 18.5 Å². The highest BCUT2D eigenvalue weighted by molar-refractivity contribution is 6.33. The molecule has 0 saturated carbocycles. The van der Waals surface area contributed by atoms with E-state index in [0.717, 1.165) is 6.42 Å². The predicted octanol–water partition coefficient (Wildman–Crippen LogP) is 2.85. The fourth-order valence-corrected chi connectivity index (χ4v) is 2.00. The lowest BCUT2D eigenvalue weighted by atomic mass is 10.2. The van der Waals surface area contributed by atoms with Crippen LogP contribution in [0, 0.1) is 11.3 Å². The van der Waals surface area contributed by atoms with E-state index in [2.05, 4.69) is 11.2 Å². The molecule has 0 N–H and O–H groups in total. The van der Waals surface area contributed by atoms with Gasteiger partial charge in [0.2, 0.25) is 0 Å². The molecule has 0 spiro atoms. The lowest BCUT2D eigenvalue weighted by molar-refractivity contribution is 0.374. The molecule has 1 heterocycles. The Bertz CT molecular complexity index is 654. The fraction of sp³-hybridized carbons (Fsp3) is 0.308. The average Bonchev–Trinajstić information content (AvgIpc) is 2.77. The van der Waals surface area contributed by atoms with Crippen molar-refractivity contribution in [1.29, 1.82) is 5.26 Å². The van der Waals surface area contributed by atoms with Crippen molar-refractivity contribution in [1.82, 2.24) is 9.72 Å². The average molecular weight is 278 g/mol. The second-order valence-corrected chi connectivity index (χ2v) is 4.43. The number of hydrogen-bond acceptors (Lipinski definition) is 4. The Kier molecular flexibility index (Phi) is 4.37. The minimum absolute atomic E-state index is 0.424. The van der Waals surface area contributed by atoms with Crippen molar-refractivity contribution in [3.8, 4) is 17.5 Å². The normalized spacial score (nSPS) is 10.3. The Morgan fingerprint density at radius 2 is 2.16 bits per heavy atom. The predicted molar refractivity (Wildman–Crippen MR) is 70.7 cm³/mol. The van der Waals surface area contributed by atoms with Crippen molar-refractivity contribution in [2.45, 2.75) is 25.8 Å². The summed E-state index contributed by atoms with van der Waals surface area (Å²) >= 11 is 6.08. The number of unbranched alkanes of at least 4 members (excludes halogenated alkanes) is 2. The minimum Gasteiger partial charge on any atom is -0.295 e. The SMILES string of the molecule is N#CCCCCn1c(-c2ccccc2Cl)noc1=O. The summed E-state index contributed by atoms with van der Waals surface area (Å²) in [6, 6.07) is 9.21. The second-order valence-electron chi connectivity index (χ2n) is 4.02. The fourth-order valence-electron chi connectivity index (χ4n) is 1.78. The van der Waals surface area contributed by atoms with E-state index in [1.54, 1.807) is 18.2 Å². The molecule has 0 aliphatic rings. The summed E-state index contributed by atoms with van der Waals surface area (Å²) < 4.78 is 6.14. The molecule has 98 valence electrons. The Labute approximate surface area is 115 Å². The summed E-state index contributed by atoms with van der Waals surface area (Å²) in [4.78, 5) is 11.6. The maximum atomic E-state index is 11.6. The highest BCUT2D eigenvalue weighted by Crippen LogP contribution is 2.25. The molecule has 2 rings (SSSR count). The van der Waals surface area contributed by atoms with Crippen molar-refractivity contribution >= 4 is 11.6 Å². The lowest BCUT2D eigenvalue weighted by Crippen LogP contribution is -2.15. The smallest absolute Gasteiger partial charge is 0.295 e. The molecule has 1 aromatic heterocycles. The minimum atomic E-state index is -0.508. The van der Waals surface area contributed by atoms with Gasteiger partial charge in [0.25, 0.3) is 0 Å². The number of nitriles is 1. The molecule has 2 aromatic rings. The molecule has 1 aromatic carbocycles. The van der Waals surface area contributed by atoms with Crippen LogP contribution in [0.25, 0.3) is 11.4 Å². The molecular weight excluding hydrogens is 266 g/mol. The van der Waals surface area contributed by atoms with Gasteiger partial charge in [0.1, 0.15) is 0 Å². The van der Waals surface area contributed by atoms with E-state index in [0.29, 0.717) is 35.8 Å². The molecule has 0 bridgehead atoms. The van der Waals surface area contributed by atoms with Gasteiger partial charge in [0.15, 0.2) is 5.82 Å². The van der Waals surface area contributed by atoms with Gasteiger partial charge in [-0.1, -0.05) is 28.9 Å². The van der Waals surface area contributed by atoms with Crippen molar-refractivity contribution < 1.29 is 4.52 Å². The molecule has 0 atom stereocenters. The first-order valence-electron chi connectivity index (χ1n) is 5.92. The van der Waals surface area contributed by atoms with E-state index in [9.17, 15) is 4.79 Å². The third-order valence-corrected chi connectivity index (χ3v) is 3.05. The van der Waals surface area contributed by atoms with E-state index >= 15 is 0 Å². The lowest BCUT2D eigenvalue weighted by Gasteiger charge is -2.05.